The van der Waals surface area contributed by atoms with Gasteiger partial charge in [-0.25, -0.2) is 8.78 Å². The average Bonchev–Trinajstić information content (AvgIpc) is 2.72. The zero-order chi connectivity index (χ0) is 15.8. The molecule has 0 aliphatic rings. The Labute approximate surface area is 117 Å². The van der Waals surface area contributed by atoms with Gasteiger partial charge in [0, 0.05) is 11.8 Å². The molecule has 0 saturated carbocycles. The number of H-pyrrole nitrogens is 1. The smallest absolute Gasteiger partial charge is 0.345 e. The molecule has 4 nitrogen and oxygen atoms in total. The van der Waals surface area contributed by atoms with Crippen molar-refractivity contribution in [2.45, 2.75) is 6.18 Å². The molecule has 1 aromatic carbocycles. The fraction of sp³-hybridized carbons (Fsp3) is 0.0909. The van der Waals surface area contributed by atoms with E-state index in [-0.39, 0.29) is 10.6 Å². The second-order valence-corrected chi connectivity index (χ2v) is 4.61. The molecular formula is C11H4F5N3OS. The van der Waals surface area contributed by atoms with Gasteiger partial charge < -0.3 is 5.32 Å². The summed E-state index contributed by atoms with van der Waals surface area (Å²) >= 11 is 0.650. The summed E-state index contributed by atoms with van der Waals surface area (Å²) in [7, 11) is 0. The van der Waals surface area contributed by atoms with Crippen LogP contribution in [0.5, 0.6) is 0 Å². The van der Waals surface area contributed by atoms with Crippen molar-refractivity contribution in [3.8, 4) is 6.07 Å². The van der Waals surface area contributed by atoms with Crippen LogP contribution in [0.25, 0.3) is 0 Å². The number of alkyl halides is 3. The number of rotatable bonds is 2. The molecule has 21 heavy (non-hydrogen) atoms. The van der Waals surface area contributed by atoms with Gasteiger partial charge in [0.1, 0.15) is 11.1 Å². The van der Waals surface area contributed by atoms with Crippen LogP contribution in [0.4, 0.5) is 32.6 Å². The fourth-order valence-electron chi connectivity index (χ4n) is 1.49. The molecule has 0 aliphatic carbocycles. The highest BCUT2D eigenvalue weighted by Crippen LogP contribution is 2.35. The van der Waals surface area contributed by atoms with Crippen molar-refractivity contribution in [3.05, 3.63) is 45.2 Å². The molecule has 1 aromatic heterocycles. The van der Waals surface area contributed by atoms with E-state index >= 15 is 0 Å². The van der Waals surface area contributed by atoms with Gasteiger partial charge in [-0.3, -0.25) is 9.17 Å². The molecule has 0 saturated heterocycles. The van der Waals surface area contributed by atoms with E-state index in [4.69, 9.17) is 5.26 Å². The molecule has 0 radical (unpaired) electrons. The van der Waals surface area contributed by atoms with Crippen LogP contribution in [0.15, 0.2) is 16.9 Å². The fourth-order valence-corrected chi connectivity index (χ4v) is 2.20. The first-order valence-corrected chi connectivity index (χ1v) is 6.00. The Kier molecular flexibility index (Phi) is 3.69. The number of nitrogens with zero attached hydrogens (tertiary/aromatic N) is 1. The van der Waals surface area contributed by atoms with E-state index in [2.05, 4.69) is 9.69 Å². The summed E-state index contributed by atoms with van der Waals surface area (Å²) in [5.41, 5.74) is -3.32. The maximum atomic E-state index is 13.2. The first-order valence-electron chi connectivity index (χ1n) is 5.19. The molecule has 2 aromatic rings. The highest BCUT2D eigenvalue weighted by atomic mass is 32.1. The van der Waals surface area contributed by atoms with Gasteiger partial charge in [-0.1, -0.05) is 0 Å². The van der Waals surface area contributed by atoms with Crippen molar-refractivity contribution in [2.75, 3.05) is 5.32 Å². The summed E-state index contributed by atoms with van der Waals surface area (Å²) < 4.78 is 66.2. The minimum absolute atomic E-state index is 0.0957. The van der Waals surface area contributed by atoms with Crippen LogP contribution in [0.2, 0.25) is 0 Å². The van der Waals surface area contributed by atoms with Crippen LogP contribution in [0.3, 0.4) is 0 Å². The summed E-state index contributed by atoms with van der Waals surface area (Å²) in [5.74, 6) is -3.72. The monoisotopic (exact) mass is 321 g/mol. The maximum absolute atomic E-state index is 13.2. The van der Waals surface area contributed by atoms with Gasteiger partial charge in [0.15, 0.2) is 17.2 Å². The van der Waals surface area contributed by atoms with E-state index in [0.717, 1.165) is 0 Å². The van der Waals surface area contributed by atoms with Crippen molar-refractivity contribution in [1.82, 2.24) is 4.37 Å². The summed E-state index contributed by atoms with van der Waals surface area (Å²) in [6.45, 7) is 0. The van der Waals surface area contributed by atoms with E-state index in [1.807, 2.05) is 0 Å². The zero-order valence-electron chi connectivity index (χ0n) is 9.81. The highest BCUT2D eigenvalue weighted by Gasteiger charge is 2.36. The standard InChI is InChI=1S/C11H4F5N3OS/c12-7-2-4(1-6(8(7)13)11(14,15)16)18-10-5(3-17)9(20)19-21-10/h1-2,18H,(H,19,20). The van der Waals surface area contributed by atoms with Crippen molar-refractivity contribution >= 4 is 22.2 Å². The van der Waals surface area contributed by atoms with Gasteiger partial charge in [-0.15, -0.1) is 0 Å². The Morgan fingerprint density at radius 1 is 1.29 bits per heavy atom. The number of aromatic amines is 1. The number of hydrogen-bond donors (Lipinski definition) is 2. The number of hydrogen-bond acceptors (Lipinski definition) is 4. The number of aromatic nitrogens is 1. The summed E-state index contributed by atoms with van der Waals surface area (Å²) in [6.07, 6.45) is -5.08. The zero-order valence-corrected chi connectivity index (χ0v) is 10.6. The Morgan fingerprint density at radius 2 is 1.95 bits per heavy atom. The van der Waals surface area contributed by atoms with E-state index in [1.54, 1.807) is 6.07 Å². The summed E-state index contributed by atoms with van der Waals surface area (Å²) in [6, 6.07) is 2.40. The highest BCUT2D eigenvalue weighted by molar-refractivity contribution is 7.10. The molecule has 0 fully saturated rings. The molecule has 0 aliphatic heterocycles. The Balaban J connectivity index is 2.49. The van der Waals surface area contributed by atoms with Crippen molar-refractivity contribution in [2.24, 2.45) is 0 Å². The maximum Gasteiger partial charge on any atom is 0.419 e. The molecule has 0 bridgehead atoms. The third kappa shape index (κ3) is 2.87. The third-order valence-electron chi connectivity index (χ3n) is 2.40. The first kappa shape index (κ1) is 15.0. The molecule has 110 valence electrons. The molecule has 0 unspecified atom stereocenters. The van der Waals surface area contributed by atoms with Crippen LogP contribution in [-0.2, 0) is 6.18 Å². The van der Waals surface area contributed by atoms with E-state index in [0.29, 0.717) is 23.7 Å². The van der Waals surface area contributed by atoms with E-state index in [1.165, 1.54) is 0 Å². The quantitative estimate of drug-likeness (QED) is 0.834. The molecule has 0 atom stereocenters. The molecule has 2 rings (SSSR count). The topological polar surface area (TPSA) is 68.7 Å². The van der Waals surface area contributed by atoms with Gasteiger partial charge >= 0.3 is 6.18 Å². The summed E-state index contributed by atoms with van der Waals surface area (Å²) in [5, 5.41) is 10.9. The van der Waals surface area contributed by atoms with Crippen molar-refractivity contribution in [1.29, 1.82) is 5.26 Å². The van der Waals surface area contributed by atoms with Crippen molar-refractivity contribution < 1.29 is 22.0 Å². The number of anilines is 2. The third-order valence-corrected chi connectivity index (χ3v) is 3.20. The predicted molar refractivity (Wildman–Crippen MR) is 64.3 cm³/mol. The lowest BCUT2D eigenvalue weighted by molar-refractivity contribution is -0.140. The predicted octanol–water partition coefficient (Wildman–Crippen LogP) is 3.35. The summed E-state index contributed by atoms with van der Waals surface area (Å²) in [4.78, 5) is 11.2. The minimum atomic E-state index is -5.08. The Morgan fingerprint density at radius 3 is 2.52 bits per heavy atom. The number of nitrogens with one attached hydrogen (secondary N) is 2. The van der Waals surface area contributed by atoms with Crippen LogP contribution < -0.4 is 10.9 Å². The van der Waals surface area contributed by atoms with Crippen LogP contribution in [-0.4, -0.2) is 4.37 Å². The molecule has 0 amide bonds. The lowest BCUT2D eigenvalue weighted by Crippen LogP contribution is -2.10. The lowest BCUT2D eigenvalue weighted by atomic mass is 10.1. The average molecular weight is 321 g/mol. The second-order valence-electron chi connectivity index (χ2n) is 3.79. The number of benzene rings is 1. The Hall–Kier alpha value is -2.41. The first-order chi connectivity index (χ1) is 9.74. The molecule has 0 spiro atoms. The minimum Gasteiger partial charge on any atom is -0.345 e. The van der Waals surface area contributed by atoms with E-state index in [9.17, 15) is 26.7 Å². The SMILES string of the molecule is N#Cc1c(Nc2cc(F)c(F)c(C(F)(F)F)c2)s[nH]c1=O. The second kappa shape index (κ2) is 5.17. The number of halogens is 5. The molecule has 10 heteroatoms. The molecule has 1 heterocycles. The van der Waals surface area contributed by atoms with E-state index < -0.39 is 34.6 Å². The molecular weight excluding hydrogens is 317 g/mol. The van der Waals surface area contributed by atoms with Crippen LogP contribution >= 0.6 is 11.5 Å². The van der Waals surface area contributed by atoms with Gasteiger partial charge in [-0.05, 0) is 17.6 Å². The lowest BCUT2D eigenvalue weighted by Gasteiger charge is -2.11. The van der Waals surface area contributed by atoms with Gasteiger partial charge in [0.2, 0.25) is 0 Å². The Bertz CT molecular complexity index is 787. The van der Waals surface area contributed by atoms with Gasteiger partial charge in [0.25, 0.3) is 5.56 Å². The molecule has 2 N–H and O–H groups in total. The van der Waals surface area contributed by atoms with Crippen molar-refractivity contribution in [3.63, 3.8) is 0 Å². The largest absolute Gasteiger partial charge is 0.419 e. The van der Waals surface area contributed by atoms with Gasteiger partial charge in [0.05, 0.1) is 5.56 Å². The normalized spacial score (nSPS) is 11.2. The van der Waals surface area contributed by atoms with Gasteiger partial charge in [-0.2, -0.15) is 18.4 Å². The van der Waals surface area contributed by atoms with Crippen LogP contribution in [0.1, 0.15) is 11.1 Å². The van der Waals surface area contributed by atoms with Crippen LogP contribution in [0, 0.1) is 23.0 Å². The number of nitriles is 1.